The second kappa shape index (κ2) is 5.62. The summed E-state index contributed by atoms with van der Waals surface area (Å²) in [6.07, 6.45) is 0. The fraction of sp³-hybridized carbons (Fsp3) is 0.133. The van der Waals surface area contributed by atoms with Crippen LogP contribution < -0.4 is 9.47 Å². The lowest BCUT2D eigenvalue weighted by atomic mass is 10.2. The van der Waals surface area contributed by atoms with E-state index in [1.54, 1.807) is 26.4 Å². The Bertz CT molecular complexity index is 740. The van der Waals surface area contributed by atoms with Gasteiger partial charge in [-0.25, -0.2) is 0 Å². The molecule has 0 spiro atoms. The highest BCUT2D eigenvalue weighted by molar-refractivity contribution is 5.54. The summed E-state index contributed by atoms with van der Waals surface area (Å²) in [4.78, 5) is 1.43. The third kappa shape index (κ3) is 2.55. The van der Waals surface area contributed by atoms with Gasteiger partial charge in [-0.1, -0.05) is 30.3 Å². The molecule has 0 aliphatic heterocycles. The lowest BCUT2D eigenvalue weighted by Gasteiger charge is -2.08. The maximum atomic E-state index is 5.33. The van der Waals surface area contributed by atoms with Crippen molar-refractivity contribution in [1.82, 2.24) is 20.2 Å². The molecular formula is C15H14N4O2. The van der Waals surface area contributed by atoms with E-state index in [-0.39, 0.29) is 0 Å². The van der Waals surface area contributed by atoms with Gasteiger partial charge in [0.25, 0.3) is 0 Å². The minimum atomic E-state index is 0.556. The van der Waals surface area contributed by atoms with Crippen LogP contribution in [0.25, 0.3) is 17.1 Å². The van der Waals surface area contributed by atoms with Gasteiger partial charge in [-0.3, -0.25) is 0 Å². The summed E-state index contributed by atoms with van der Waals surface area (Å²) in [5.74, 6) is 1.90. The molecule has 0 saturated heterocycles. The molecule has 3 aromatic rings. The molecule has 2 aromatic carbocycles. The number of rotatable bonds is 4. The monoisotopic (exact) mass is 282 g/mol. The smallest absolute Gasteiger partial charge is 0.205 e. The van der Waals surface area contributed by atoms with Gasteiger partial charge in [-0.2, -0.15) is 0 Å². The Kier molecular flexibility index (Phi) is 3.51. The van der Waals surface area contributed by atoms with Crippen molar-refractivity contribution in [3.63, 3.8) is 0 Å². The summed E-state index contributed by atoms with van der Waals surface area (Å²) >= 11 is 0. The molecule has 0 amide bonds. The van der Waals surface area contributed by atoms with Crippen molar-refractivity contribution < 1.29 is 9.47 Å². The highest BCUT2D eigenvalue weighted by Crippen LogP contribution is 2.26. The normalized spacial score (nSPS) is 10.4. The summed E-state index contributed by atoms with van der Waals surface area (Å²) in [7, 11) is 3.20. The number of nitrogens with zero attached hydrogens (tertiary/aromatic N) is 4. The lowest BCUT2D eigenvalue weighted by molar-refractivity contribution is 0.399. The minimum absolute atomic E-state index is 0.556. The molecule has 3 rings (SSSR count). The first-order valence-corrected chi connectivity index (χ1v) is 6.39. The Balaban J connectivity index is 2.04. The quantitative estimate of drug-likeness (QED) is 0.735. The van der Waals surface area contributed by atoms with Crippen LogP contribution in [0.5, 0.6) is 11.5 Å². The molecule has 1 aromatic heterocycles. The lowest BCUT2D eigenvalue weighted by Crippen LogP contribution is -2.02. The van der Waals surface area contributed by atoms with E-state index in [0.29, 0.717) is 23.0 Å². The van der Waals surface area contributed by atoms with Gasteiger partial charge in [-0.05, 0) is 17.3 Å². The molecule has 21 heavy (non-hydrogen) atoms. The predicted octanol–water partition coefficient (Wildman–Crippen LogP) is 2.35. The molecule has 0 N–H and O–H groups in total. The van der Waals surface area contributed by atoms with E-state index < -0.39 is 0 Å². The summed E-state index contributed by atoms with van der Waals surface area (Å²) in [6, 6.07) is 15.1. The van der Waals surface area contributed by atoms with Crippen LogP contribution in [0.3, 0.4) is 0 Å². The summed E-state index contributed by atoms with van der Waals surface area (Å²) in [5, 5.41) is 12.6. The molecule has 0 fully saturated rings. The molecule has 0 aliphatic rings. The zero-order valence-electron chi connectivity index (χ0n) is 11.7. The number of methoxy groups -OCH3 is 2. The predicted molar refractivity (Wildman–Crippen MR) is 77.7 cm³/mol. The molecule has 0 aliphatic carbocycles. The van der Waals surface area contributed by atoms with Crippen LogP contribution in [-0.2, 0) is 0 Å². The molecule has 0 unspecified atom stereocenters. The van der Waals surface area contributed by atoms with Crippen LogP contribution >= 0.6 is 0 Å². The van der Waals surface area contributed by atoms with E-state index in [0.717, 1.165) is 5.56 Å². The minimum Gasteiger partial charge on any atom is -0.497 e. The van der Waals surface area contributed by atoms with Crippen LogP contribution in [0.15, 0.2) is 48.5 Å². The second-order valence-corrected chi connectivity index (χ2v) is 4.31. The topological polar surface area (TPSA) is 62.1 Å². The SMILES string of the molecule is COc1ccc(OC)c(-n2nnc(-c3ccccc3)n2)c1. The molecule has 6 nitrogen and oxygen atoms in total. The molecule has 6 heteroatoms. The van der Waals surface area contributed by atoms with Gasteiger partial charge in [-0.15, -0.1) is 15.0 Å². The van der Waals surface area contributed by atoms with Gasteiger partial charge in [0, 0.05) is 11.6 Å². The van der Waals surface area contributed by atoms with Crippen LogP contribution in [0.1, 0.15) is 0 Å². The first kappa shape index (κ1) is 13.1. The number of ether oxygens (including phenoxy) is 2. The summed E-state index contributed by atoms with van der Waals surface area (Å²) in [6.45, 7) is 0. The van der Waals surface area contributed by atoms with Crippen molar-refractivity contribution in [3.05, 3.63) is 48.5 Å². The molecule has 0 saturated carbocycles. The van der Waals surface area contributed by atoms with E-state index in [2.05, 4.69) is 15.4 Å². The van der Waals surface area contributed by atoms with E-state index in [4.69, 9.17) is 9.47 Å². The van der Waals surface area contributed by atoms with Crippen LogP contribution in [0, 0.1) is 0 Å². The Morgan fingerprint density at radius 1 is 0.952 bits per heavy atom. The Morgan fingerprint density at radius 2 is 1.76 bits per heavy atom. The second-order valence-electron chi connectivity index (χ2n) is 4.31. The number of aromatic nitrogens is 4. The van der Waals surface area contributed by atoms with Crippen molar-refractivity contribution in [1.29, 1.82) is 0 Å². The summed E-state index contributed by atoms with van der Waals surface area (Å²) in [5.41, 5.74) is 1.58. The Labute approximate surface area is 121 Å². The molecular weight excluding hydrogens is 268 g/mol. The fourth-order valence-electron chi connectivity index (χ4n) is 1.97. The zero-order chi connectivity index (χ0) is 14.7. The van der Waals surface area contributed by atoms with Crippen LogP contribution in [0.4, 0.5) is 0 Å². The maximum absolute atomic E-state index is 5.33. The van der Waals surface area contributed by atoms with Crippen molar-refractivity contribution in [2.45, 2.75) is 0 Å². The molecule has 0 bridgehead atoms. The zero-order valence-corrected chi connectivity index (χ0v) is 11.7. The van der Waals surface area contributed by atoms with Crippen molar-refractivity contribution in [3.8, 4) is 28.6 Å². The molecule has 0 radical (unpaired) electrons. The number of tetrazole rings is 1. The number of hydrogen-bond donors (Lipinski definition) is 0. The van der Waals surface area contributed by atoms with Crippen molar-refractivity contribution in [2.75, 3.05) is 14.2 Å². The average Bonchev–Trinajstić information content (AvgIpc) is 3.05. The van der Waals surface area contributed by atoms with Gasteiger partial charge in [0.1, 0.15) is 17.2 Å². The van der Waals surface area contributed by atoms with Crippen LogP contribution in [-0.4, -0.2) is 34.4 Å². The average molecular weight is 282 g/mol. The number of hydrogen-bond acceptors (Lipinski definition) is 5. The maximum Gasteiger partial charge on any atom is 0.205 e. The van der Waals surface area contributed by atoms with E-state index in [9.17, 15) is 0 Å². The van der Waals surface area contributed by atoms with Gasteiger partial charge < -0.3 is 9.47 Å². The Morgan fingerprint density at radius 3 is 2.48 bits per heavy atom. The first-order valence-electron chi connectivity index (χ1n) is 6.39. The number of benzene rings is 2. The first-order chi connectivity index (χ1) is 10.3. The highest BCUT2D eigenvalue weighted by atomic mass is 16.5. The largest absolute Gasteiger partial charge is 0.497 e. The van der Waals surface area contributed by atoms with Crippen molar-refractivity contribution in [2.24, 2.45) is 0 Å². The third-order valence-corrected chi connectivity index (χ3v) is 3.05. The Hall–Kier alpha value is -2.89. The fourth-order valence-corrected chi connectivity index (χ4v) is 1.97. The molecule has 106 valence electrons. The molecule has 1 heterocycles. The molecule has 0 atom stereocenters. The highest BCUT2D eigenvalue weighted by Gasteiger charge is 2.12. The third-order valence-electron chi connectivity index (χ3n) is 3.05. The van der Waals surface area contributed by atoms with Gasteiger partial charge in [0.05, 0.1) is 14.2 Å². The summed E-state index contributed by atoms with van der Waals surface area (Å²) < 4.78 is 10.6. The van der Waals surface area contributed by atoms with Crippen LogP contribution in [0.2, 0.25) is 0 Å². The van der Waals surface area contributed by atoms with E-state index in [1.165, 1.54) is 4.80 Å². The van der Waals surface area contributed by atoms with Gasteiger partial charge in [0.2, 0.25) is 5.82 Å². The van der Waals surface area contributed by atoms with Crippen molar-refractivity contribution >= 4 is 0 Å². The van der Waals surface area contributed by atoms with Gasteiger partial charge in [0.15, 0.2) is 0 Å². The van der Waals surface area contributed by atoms with E-state index >= 15 is 0 Å². The van der Waals surface area contributed by atoms with E-state index in [1.807, 2.05) is 36.4 Å². The standard InChI is InChI=1S/C15H14N4O2/c1-20-12-8-9-14(21-2)13(10-12)19-17-15(16-18-19)11-6-4-3-5-7-11/h3-10H,1-2H3. The van der Waals surface area contributed by atoms with Gasteiger partial charge >= 0.3 is 0 Å².